The van der Waals surface area contributed by atoms with Gasteiger partial charge < -0.3 is 0 Å². The summed E-state index contributed by atoms with van der Waals surface area (Å²) in [4.78, 5) is 0. The van der Waals surface area contributed by atoms with Crippen molar-refractivity contribution in [1.29, 1.82) is 0 Å². The minimum absolute atomic E-state index is 0.997. The lowest BCUT2D eigenvalue weighted by molar-refractivity contribution is 1.79. The maximum absolute atomic E-state index is 3.26. The van der Waals surface area contributed by atoms with Gasteiger partial charge in [0.05, 0.1) is 4.66 Å². The van der Waals surface area contributed by atoms with E-state index in [0.29, 0.717) is 0 Å². The van der Waals surface area contributed by atoms with Crippen LogP contribution in [0.4, 0.5) is 0 Å². The Hall–Kier alpha value is 0.570. The Morgan fingerprint density at radius 1 is 1.83 bits per heavy atom. The van der Waals surface area contributed by atoms with Crippen molar-refractivity contribution < 1.29 is 0 Å². The summed E-state index contributed by atoms with van der Waals surface area (Å²) in [6, 6.07) is 0. The first-order chi connectivity index (χ1) is 2.91. The normalized spacial score (nSPS) is 10.3. The lowest BCUT2D eigenvalue weighted by Crippen LogP contribution is -1.46. The number of hydrogen-bond acceptors (Lipinski definition) is 1. The van der Waals surface area contributed by atoms with Crippen LogP contribution >= 0.6 is 27.7 Å². The van der Waals surface area contributed by atoms with Crippen molar-refractivity contribution in [3.8, 4) is 0 Å². The van der Waals surface area contributed by atoms with Crippen molar-refractivity contribution in [3.63, 3.8) is 0 Å². The predicted octanol–water partition coefficient (Wildman–Crippen LogP) is 2.61. The van der Waals surface area contributed by atoms with Crippen molar-refractivity contribution in [1.82, 2.24) is 0 Å². The molecule has 0 aromatic rings. The molecule has 0 saturated carbocycles. The SMILES string of the molecule is C/C=C/SCBr. The van der Waals surface area contributed by atoms with E-state index in [1.165, 1.54) is 0 Å². The topological polar surface area (TPSA) is 0 Å². The lowest BCUT2D eigenvalue weighted by Gasteiger charge is -1.75. The number of allylic oxidation sites excluding steroid dienone is 1. The maximum atomic E-state index is 3.26. The highest BCUT2D eigenvalue weighted by Crippen LogP contribution is 2.03. The van der Waals surface area contributed by atoms with E-state index in [1.54, 1.807) is 11.8 Å². The van der Waals surface area contributed by atoms with E-state index in [4.69, 9.17) is 0 Å². The first-order valence-electron chi connectivity index (χ1n) is 1.70. The largest absolute Gasteiger partial charge is 0.123 e. The van der Waals surface area contributed by atoms with Crippen LogP contribution in [0.15, 0.2) is 11.5 Å². The van der Waals surface area contributed by atoms with Gasteiger partial charge in [-0.05, 0) is 12.3 Å². The number of alkyl halides is 1. The van der Waals surface area contributed by atoms with E-state index in [-0.39, 0.29) is 0 Å². The van der Waals surface area contributed by atoms with Gasteiger partial charge in [-0.3, -0.25) is 0 Å². The van der Waals surface area contributed by atoms with Crippen molar-refractivity contribution in [2.75, 3.05) is 4.66 Å². The van der Waals surface area contributed by atoms with Crippen molar-refractivity contribution >= 4 is 27.7 Å². The molecule has 0 aromatic carbocycles. The van der Waals surface area contributed by atoms with Crippen LogP contribution in [0.5, 0.6) is 0 Å². The summed E-state index contributed by atoms with van der Waals surface area (Å²) in [5.41, 5.74) is 0. The van der Waals surface area contributed by atoms with Crippen LogP contribution in [0.3, 0.4) is 0 Å². The smallest absolute Gasteiger partial charge is 0.0531 e. The second kappa shape index (κ2) is 5.57. The Bertz CT molecular complexity index is 42.8. The third-order valence-corrected chi connectivity index (χ3v) is 1.68. The van der Waals surface area contributed by atoms with Gasteiger partial charge in [-0.1, -0.05) is 22.0 Å². The predicted molar refractivity (Wildman–Crippen MR) is 36.2 cm³/mol. The van der Waals surface area contributed by atoms with Crippen LogP contribution in [0.2, 0.25) is 0 Å². The maximum Gasteiger partial charge on any atom is 0.0531 e. The van der Waals surface area contributed by atoms with Crippen LogP contribution < -0.4 is 0 Å². The summed E-state index contributed by atoms with van der Waals surface area (Å²) in [7, 11) is 0. The molecule has 0 heterocycles. The molecule has 0 saturated heterocycles. The van der Waals surface area contributed by atoms with Crippen LogP contribution in [-0.4, -0.2) is 4.66 Å². The first kappa shape index (κ1) is 6.57. The molecule has 0 aliphatic heterocycles. The van der Waals surface area contributed by atoms with Gasteiger partial charge in [-0.15, -0.1) is 11.8 Å². The second-order valence-electron chi connectivity index (χ2n) is 0.745. The van der Waals surface area contributed by atoms with Crippen molar-refractivity contribution in [3.05, 3.63) is 11.5 Å². The van der Waals surface area contributed by atoms with Crippen LogP contribution in [0, 0.1) is 0 Å². The van der Waals surface area contributed by atoms with E-state index < -0.39 is 0 Å². The van der Waals surface area contributed by atoms with E-state index in [1.807, 2.05) is 13.0 Å². The molecule has 0 amide bonds. The Balaban J connectivity index is 2.66. The third-order valence-electron chi connectivity index (χ3n) is 0.295. The van der Waals surface area contributed by atoms with Crippen LogP contribution in [0.25, 0.3) is 0 Å². The molecule has 0 atom stereocenters. The molecule has 0 nitrogen and oxygen atoms in total. The molecule has 0 aliphatic rings. The molecule has 0 bridgehead atoms. The zero-order valence-corrected chi connectivity index (χ0v) is 6.05. The highest BCUT2D eigenvalue weighted by Gasteiger charge is 1.66. The summed E-state index contributed by atoms with van der Waals surface area (Å²) < 4.78 is 0.997. The van der Waals surface area contributed by atoms with Gasteiger partial charge in [0.2, 0.25) is 0 Å². The Morgan fingerprint density at radius 3 is 2.67 bits per heavy atom. The summed E-state index contributed by atoms with van der Waals surface area (Å²) in [5, 5.41) is 2.05. The quantitative estimate of drug-likeness (QED) is 0.569. The molecule has 0 radical (unpaired) electrons. The molecule has 0 rings (SSSR count). The molecule has 0 unspecified atom stereocenters. The molecule has 2 heteroatoms. The zero-order valence-electron chi connectivity index (χ0n) is 3.65. The molecular weight excluding hydrogens is 160 g/mol. The summed E-state index contributed by atoms with van der Waals surface area (Å²) >= 11 is 5.01. The number of thioether (sulfide) groups is 1. The highest BCUT2D eigenvalue weighted by molar-refractivity contribution is 9.11. The molecular formula is C4H7BrS. The average Bonchev–Trinajstić information content (AvgIpc) is 1.61. The minimum atomic E-state index is 0.997. The van der Waals surface area contributed by atoms with Crippen LogP contribution in [-0.2, 0) is 0 Å². The summed E-state index contributed by atoms with van der Waals surface area (Å²) in [6.45, 7) is 2.01. The fourth-order valence-electron chi connectivity index (χ4n) is 0.133. The third kappa shape index (κ3) is 4.57. The number of hydrogen-bond donors (Lipinski definition) is 0. The standard InChI is InChI=1S/C4H7BrS/c1-2-3-6-4-5/h2-3H,4H2,1H3/b3-2+. The second-order valence-corrected chi connectivity index (χ2v) is 2.94. The average molecular weight is 167 g/mol. The van der Waals surface area contributed by atoms with Gasteiger partial charge in [0.1, 0.15) is 0 Å². The monoisotopic (exact) mass is 166 g/mol. The first-order valence-corrected chi connectivity index (χ1v) is 3.87. The van der Waals surface area contributed by atoms with E-state index in [9.17, 15) is 0 Å². The fraction of sp³-hybridized carbons (Fsp3) is 0.500. The van der Waals surface area contributed by atoms with Gasteiger partial charge in [0.25, 0.3) is 0 Å². The number of halogens is 1. The Kier molecular flexibility index (Phi) is 6.10. The molecule has 0 N–H and O–H groups in total. The molecule has 0 aromatic heterocycles. The van der Waals surface area contributed by atoms with Crippen molar-refractivity contribution in [2.45, 2.75) is 6.92 Å². The highest BCUT2D eigenvalue weighted by atomic mass is 79.9. The summed E-state index contributed by atoms with van der Waals surface area (Å²) in [6.07, 6.45) is 2.02. The van der Waals surface area contributed by atoms with E-state index in [2.05, 4.69) is 21.3 Å². The van der Waals surface area contributed by atoms with Crippen LogP contribution in [0.1, 0.15) is 6.92 Å². The van der Waals surface area contributed by atoms with Gasteiger partial charge >= 0.3 is 0 Å². The number of rotatable bonds is 2. The molecule has 36 valence electrons. The van der Waals surface area contributed by atoms with Gasteiger partial charge in [-0.2, -0.15) is 0 Å². The minimum Gasteiger partial charge on any atom is -0.123 e. The fourth-order valence-corrected chi connectivity index (χ4v) is 0.856. The Morgan fingerprint density at radius 2 is 2.50 bits per heavy atom. The molecule has 0 spiro atoms. The van der Waals surface area contributed by atoms with E-state index in [0.717, 1.165) is 4.66 Å². The van der Waals surface area contributed by atoms with Crippen molar-refractivity contribution in [2.24, 2.45) is 0 Å². The van der Waals surface area contributed by atoms with Gasteiger partial charge in [-0.25, -0.2) is 0 Å². The summed E-state index contributed by atoms with van der Waals surface area (Å²) in [5.74, 6) is 0. The Labute approximate surface area is 51.1 Å². The van der Waals surface area contributed by atoms with Gasteiger partial charge in [0.15, 0.2) is 0 Å². The lowest BCUT2D eigenvalue weighted by atomic mass is 10.8. The molecule has 0 aliphatic carbocycles. The van der Waals surface area contributed by atoms with Gasteiger partial charge in [0, 0.05) is 0 Å². The zero-order chi connectivity index (χ0) is 4.83. The van der Waals surface area contributed by atoms with E-state index >= 15 is 0 Å². The molecule has 6 heavy (non-hydrogen) atoms. The molecule has 0 fully saturated rings.